The number of halogens is 1. The topological polar surface area (TPSA) is 83.1 Å². The Morgan fingerprint density at radius 2 is 2.00 bits per heavy atom. The standard InChI is InChI=1S/C16H13ClN4O3S/c1-20-15(10-24-12-5-3-2-4-6-12)18-19-16(20)25-14-8-7-11(17)9-13(14)21(22)23/h2-9H,10H2,1H3. The molecule has 1 heterocycles. The normalized spacial score (nSPS) is 10.6. The van der Waals surface area contributed by atoms with Crippen LogP contribution in [0.3, 0.4) is 0 Å². The van der Waals surface area contributed by atoms with Crippen LogP contribution in [0.4, 0.5) is 5.69 Å². The quantitative estimate of drug-likeness (QED) is 0.475. The summed E-state index contributed by atoms with van der Waals surface area (Å²) < 4.78 is 7.40. The van der Waals surface area contributed by atoms with Gasteiger partial charge in [0.25, 0.3) is 5.69 Å². The lowest BCUT2D eigenvalue weighted by molar-refractivity contribution is -0.387. The highest BCUT2D eigenvalue weighted by Gasteiger charge is 2.19. The maximum Gasteiger partial charge on any atom is 0.284 e. The summed E-state index contributed by atoms with van der Waals surface area (Å²) in [4.78, 5) is 11.2. The Hall–Kier alpha value is -2.58. The van der Waals surface area contributed by atoms with Crippen LogP contribution in [0.5, 0.6) is 5.75 Å². The van der Waals surface area contributed by atoms with Gasteiger partial charge in [-0.2, -0.15) is 0 Å². The maximum atomic E-state index is 11.2. The predicted octanol–water partition coefficient (Wildman–Crippen LogP) is 4.11. The summed E-state index contributed by atoms with van der Waals surface area (Å²) in [6, 6.07) is 13.9. The number of para-hydroxylation sites is 1. The summed E-state index contributed by atoms with van der Waals surface area (Å²) in [5.74, 6) is 1.34. The lowest BCUT2D eigenvalue weighted by atomic mass is 10.3. The summed E-state index contributed by atoms with van der Waals surface area (Å²) in [5, 5.41) is 20.2. The second-order valence-electron chi connectivity index (χ2n) is 5.03. The second kappa shape index (κ2) is 7.54. The first-order valence-corrected chi connectivity index (χ1v) is 8.42. The van der Waals surface area contributed by atoms with E-state index >= 15 is 0 Å². The third kappa shape index (κ3) is 4.09. The number of hydrogen-bond donors (Lipinski definition) is 0. The van der Waals surface area contributed by atoms with Gasteiger partial charge in [-0.3, -0.25) is 10.1 Å². The molecule has 3 rings (SSSR count). The summed E-state index contributed by atoms with van der Waals surface area (Å²) in [6.07, 6.45) is 0. The molecule has 1 aromatic heterocycles. The number of hydrogen-bond acceptors (Lipinski definition) is 6. The fourth-order valence-corrected chi connectivity index (χ4v) is 3.10. The summed E-state index contributed by atoms with van der Waals surface area (Å²) in [5.41, 5.74) is -0.0671. The van der Waals surface area contributed by atoms with E-state index in [0.717, 1.165) is 17.5 Å². The van der Waals surface area contributed by atoms with Crippen molar-refractivity contribution in [2.75, 3.05) is 0 Å². The minimum atomic E-state index is -0.468. The number of nitrogens with zero attached hydrogens (tertiary/aromatic N) is 4. The molecule has 7 nitrogen and oxygen atoms in total. The highest BCUT2D eigenvalue weighted by atomic mass is 35.5. The van der Waals surface area contributed by atoms with Crippen LogP contribution in [-0.2, 0) is 13.7 Å². The summed E-state index contributed by atoms with van der Waals surface area (Å²) >= 11 is 6.99. The summed E-state index contributed by atoms with van der Waals surface area (Å²) in [7, 11) is 1.79. The molecule has 3 aromatic rings. The van der Waals surface area contributed by atoms with E-state index in [1.807, 2.05) is 30.3 Å². The van der Waals surface area contributed by atoms with Crippen molar-refractivity contribution in [1.82, 2.24) is 14.8 Å². The molecule has 2 aromatic carbocycles. The molecule has 9 heteroatoms. The van der Waals surface area contributed by atoms with Crippen molar-refractivity contribution in [3.05, 3.63) is 69.5 Å². The minimum absolute atomic E-state index is 0.0671. The van der Waals surface area contributed by atoms with Gasteiger partial charge < -0.3 is 9.30 Å². The first-order valence-electron chi connectivity index (χ1n) is 7.22. The van der Waals surface area contributed by atoms with Crippen molar-refractivity contribution >= 4 is 29.1 Å². The van der Waals surface area contributed by atoms with Gasteiger partial charge in [0.15, 0.2) is 11.0 Å². The average molecular weight is 377 g/mol. The van der Waals surface area contributed by atoms with Gasteiger partial charge in [0.05, 0.1) is 9.82 Å². The lowest BCUT2D eigenvalue weighted by Crippen LogP contribution is -2.04. The Labute approximate surface area is 152 Å². The van der Waals surface area contributed by atoms with Gasteiger partial charge in [-0.1, -0.05) is 29.8 Å². The molecule has 0 saturated heterocycles. The highest BCUT2D eigenvalue weighted by molar-refractivity contribution is 7.99. The van der Waals surface area contributed by atoms with Crippen molar-refractivity contribution < 1.29 is 9.66 Å². The molecule has 0 N–H and O–H groups in total. The molecule has 0 radical (unpaired) electrons. The van der Waals surface area contributed by atoms with E-state index in [-0.39, 0.29) is 12.3 Å². The third-order valence-corrected chi connectivity index (χ3v) is 4.69. The van der Waals surface area contributed by atoms with E-state index in [1.54, 1.807) is 23.7 Å². The van der Waals surface area contributed by atoms with E-state index < -0.39 is 4.92 Å². The molecule has 0 aliphatic rings. The minimum Gasteiger partial charge on any atom is -0.486 e. The Morgan fingerprint density at radius 1 is 1.24 bits per heavy atom. The van der Waals surface area contributed by atoms with E-state index in [1.165, 1.54) is 6.07 Å². The molecule has 0 unspecified atom stereocenters. The number of ether oxygens (including phenoxy) is 1. The monoisotopic (exact) mass is 376 g/mol. The van der Waals surface area contributed by atoms with Crippen molar-refractivity contribution in [2.24, 2.45) is 7.05 Å². The Kier molecular flexibility index (Phi) is 5.20. The number of aromatic nitrogens is 3. The molecule has 0 fully saturated rings. The van der Waals surface area contributed by atoms with Crippen LogP contribution in [-0.4, -0.2) is 19.7 Å². The SMILES string of the molecule is Cn1c(COc2ccccc2)nnc1Sc1ccc(Cl)cc1[N+](=O)[O-]. The zero-order valence-corrected chi connectivity index (χ0v) is 14.7. The largest absolute Gasteiger partial charge is 0.486 e. The maximum absolute atomic E-state index is 11.2. The van der Waals surface area contributed by atoms with Crippen molar-refractivity contribution in [3.63, 3.8) is 0 Å². The molecule has 0 spiro atoms. The molecule has 0 bridgehead atoms. The summed E-state index contributed by atoms with van der Waals surface area (Å²) in [6.45, 7) is 0.247. The molecule has 0 aliphatic carbocycles. The zero-order valence-electron chi connectivity index (χ0n) is 13.1. The molecule has 0 aliphatic heterocycles. The average Bonchev–Trinajstić information content (AvgIpc) is 2.95. The smallest absolute Gasteiger partial charge is 0.284 e. The van der Waals surface area contributed by atoms with E-state index in [9.17, 15) is 10.1 Å². The molecule has 0 amide bonds. The van der Waals surface area contributed by atoms with Crippen LogP contribution in [0.15, 0.2) is 58.6 Å². The van der Waals surface area contributed by atoms with Crippen LogP contribution < -0.4 is 4.74 Å². The van der Waals surface area contributed by atoms with Crippen molar-refractivity contribution in [1.29, 1.82) is 0 Å². The fourth-order valence-electron chi connectivity index (χ4n) is 2.04. The lowest BCUT2D eigenvalue weighted by Gasteiger charge is -2.06. The first-order chi connectivity index (χ1) is 12.0. The Balaban J connectivity index is 1.77. The van der Waals surface area contributed by atoms with Crippen molar-refractivity contribution in [3.8, 4) is 5.75 Å². The first kappa shape index (κ1) is 17.2. The van der Waals surface area contributed by atoms with Crippen LogP contribution in [0, 0.1) is 10.1 Å². The van der Waals surface area contributed by atoms with Gasteiger partial charge in [-0.25, -0.2) is 0 Å². The van der Waals surface area contributed by atoms with Gasteiger partial charge in [0, 0.05) is 18.1 Å². The van der Waals surface area contributed by atoms with Gasteiger partial charge in [0.1, 0.15) is 12.4 Å². The highest BCUT2D eigenvalue weighted by Crippen LogP contribution is 2.35. The molecule has 0 atom stereocenters. The predicted molar refractivity (Wildman–Crippen MR) is 94.0 cm³/mol. The van der Waals surface area contributed by atoms with Crippen molar-refractivity contribution in [2.45, 2.75) is 16.7 Å². The van der Waals surface area contributed by atoms with Crippen LogP contribution in [0.1, 0.15) is 5.82 Å². The number of nitro groups is 1. The molecule has 25 heavy (non-hydrogen) atoms. The van der Waals surface area contributed by atoms with E-state index in [0.29, 0.717) is 20.9 Å². The fraction of sp³-hybridized carbons (Fsp3) is 0.125. The number of benzene rings is 2. The Bertz CT molecular complexity index is 902. The van der Waals surface area contributed by atoms with E-state index in [4.69, 9.17) is 16.3 Å². The van der Waals surface area contributed by atoms with Gasteiger partial charge in [-0.15, -0.1) is 10.2 Å². The molecule has 0 saturated carbocycles. The van der Waals surface area contributed by atoms with Crippen LogP contribution >= 0.6 is 23.4 Å². The molecular formula is C16H13ClN4O3S. The third-order valence-electron chi connectivity index (χ3n) is 3.36. The Morgan fingerprint density at radius 3 is 2.72 bits per heavy atom. The van der Waals surface area contributed by atoms with E-state index in [2.05, 4.69) is 10.2 Å². The second-order valence-corrected chi connectivity index (χ2v) is 6.48. The number of nitro benzene ring substituents is 1. The van der Waals surface area contributed by atoms with Crippen LogP contribution in [0.2, 0.25) is 5.02 Å². The molecule has 128 valence electrons. The van der Waals surface area contributed by atoms with Crippen LogP contribution in [0.25, 0.3) is 0 Å². The zero-order chi connectivity index (χ0) is 17.8. The van der Waals surface area contributed by atoms with Gasteiger partial charge in [-0.05, 0) is 36.0 Å². The van der Waals surface area contributed by atoms with Gasteiger partial charge >= 0.3 is 0 Å². The molecular weight excluding hydrogens is 364 g/mol. The number of rotatable bonds is 6. The van der Waals surface area contributed by atoms with Gasteiger partial charge in [0.2, 0.25) is 0 Å².